The normalized spacial score (nSPS) is 11.3. The summed E-state index contributed by atoms with van der Waals surface area (Å²) in [6, 6.07) is 0. The average Bonchev–Trinajstić information content (AvgIpc) is 3.15. The number of fused-ring (bicyclic) bond motifs is 1. The first kappa shape index (κ1) is 24.8. The highest BCUT2D eigenvalue weighted by Gasteiger charge is 2.09. The van der Waals surface area contributed by atoms with Crippen molar-refractivity contribution in [2.75, 3.05) is 18.9 Å². The number of hydrogen-bond donors (Lipinski definition) is 2. The first-order chi connectivity index (χ1) is 15.1. The Labute approximate surface area is 183 Å². The summed E-state index contributed by atoms with van der Waals surface area (Å²) in [5, 5.41) is 0. The first-order valence-electron chi connectivity index (χ1n) is 11.6. The molecule has 0 spiro atoms. The molecule has 31 heavy (non-hydrogen) atoms. The van der Waals surface area contributed by atoms with E-state index >= 15 is 0 Å². The fourth-order valence-corrected chi connectivity index (χ4v) is 3.45. The number of esters is 1. The van der Waals surface area contributed by atoms with Crippen LogP contribution in [-0.2, 0) is 21.0 Å². The Morgan fingerprint density at radius 3 is 2.35 bits per heavy atom. The van der Waals surface area contributed by atoms with Crippen LogP contribution in [0.5, 0.6) is 0 Å². The lowest BCUT2D eigenvalue weighted by molar-refractivity contribution is -0.145. The number of imidazole rings is 1. The number of hydrogen-bond acceptors (Lipinski definition) is 7. The van der Waals surface area contributed by atoms with E-state index in [2.05, 4.69) is 21.9 Å². The van der Waals surface area contributed by atoms with Crippen LogP contribution in [0.2, 0.25) is 0 Å². The highest BCUT2D eigenvalue weighted by molar-refractivity contribution is 5.70. The minimum Gasteiger partial charge on any atom is -0.463 e. The zero-order chi connectivity index (χ0) is 22.3. The fourth-order valence-electron chi connectivity index (χ4n) is 3.45. The van der Waals surface area contributed by atoms with E-state index in [1.54, 1.807) is 4.57 Å². The molecule has 174 valence electrons. The number of unbranched alkanes of at least 4 members (excludes halogenated alkanes) is 10. The van der Waals surface area contributed by atoms with E-state index in [0.29, 0.717) is 12.1 Å². The van der Waals surface area contributed by atoms with Gasteiger partial charge in [-0.05, 0) is 6.42 Å². The van der Waals surface area contributed by atoms with Gasteiger partial charge in [-0.3, -0.25) is 19.1 Å². The number of rotatable bonds is 17. The summed E-state index contributed by atoms with van der Waals surface area (Å²) < 4.78 is 12.3. The maximum Gasteiger partial charge on any atom is 0.305 e. The predicted octanol–water partition coefficient (Wildman–Crippen LogP) is 3.92. The van der Waals surface area contributed by atoms with Crippen molar-refractivity contribution >= 4 is 23.1 Å². The molecule has 9 heteroatoms. The number of nitrogens with one attached hydrogen (secondary N) is 1. The molecule has 0 atom stereocenters. The zero-order valence-electron chi connectivity index (χ0n) is 18.7. The van der Waals surface area contributed by atoms with E-state index in [1.807, 2.05) is 0 Å². The van der Waals surface area contributed by atoms with Crippen molar-refractivity contribution < 1.29 is 14.3 Å². The molecule has 0 aliphatic carbocycles. The number of carbonyl (C=O) groups excluding carboxylic acids is 1. The van der Waals surface area contributed by atoms with Gasteiger partial charge < -0.3 is 15.2 Å². The van der Waals surface area contributed by atoms with Crippen LogP contribution < -0.4 is 11.3 Å². The second-order valence-electron chi connectivity index (χ2n) is 7.88. The summed E-state index contributed by atoms with van der Waals surface area (Å²) in [5.74, 6) is -0.163. The molecular weight excluding hydrogens is 398 g/mol. The summed E-state index contributed by atoms with van der Waals surface area (Å²) in [6.45, 7) is 2.83. The molecule has 0 aliphatic heterocycles. The van der Waals surface area contributed by atoms with Gasteiger partial charge in [-0.2, -0.15) is 4.98 Å². The van der Waals surface area contributed by atoms with Crippen LogP contribution in [0.25, 0.3) is 11.2 Å². The van der Waals surface area contributed by atoms with E-state index < -0.39 is 5.56 Å². The van der Waals surface area contributed by atoms with E-state index in [-0.39, 0.29) is 37.4 Å². The molecule has 0 saturated carbocycles. The number of H-pyrrole nitrogens is 1. The third-order valence-electron chi connectivity index (χ3n) is 5.20. The van der Waals surface area contributed by atoms with Crippen LogP contribution in [0.4, 0.5) is 5.95 Å². The number of ether oxygens (including phenoxy) is 2. The molecule has 0 aromatic carbocycles. The Morgan fingerprint density at radius 1 is 1.03 bits per heavy atom. The van der Waals surface area contributed by atoms with Gasteiger partial charge in [0.25, 0.3) is 5.56 Å². The van der Waals surface area contributed by atoms with Gasteiger partial charge in [-0.15, -0.1) is 0 Å². The number of carbonyl (C=O) groups is 1. The summed E-state index contributed by atoms with van der Waals surface area (Å²) in [5.41, 5.74) is 5.73. The molecule has 0 saturated heterocycles. The van der Waals surface area contributed by atoms with Crippen molar-refractivity contribution in [2.24, 2.45) is 0 Å². The molecule has 0 radical (unpaired) electrons. The van der Waals surface area contributed by atoms with Crippen molar-refractivity contribution in [1.29, 1.82) is 0 Å². The summed E-state index contributed by atoms with van der Waals surface area (Å²) in [6.07, 6.45) is 15.7. The summed E-state index contributed by atoms with van der Waals surface area (Å²) in [7, 11) is 0. The van der Waals surface area contributed by atoms with E-state index in [1.165, 1.54) is 64.1 Å². The SMILES string of the molecule is CCCCCCCCCCCCCC(=O)OCCOCn1cnc2c(=O)[nH]c(N)nc21. The van der Waals surface area contributed by atoms with Crippen LogP contribution in [0, 0.1) is 0 Å². The van der Waals surface area contributed by atoms with Crippen LogP contribution in [0.1, 0.15) is 84.0 Å². The second-order valence-corrected chi connectivity index (χ2v) is 7.88. The second kappa shape index (κ2) is 14.6. The van der Waals surface area contributed by atoms with Crippen molar-refractivity contribution in [1.82, 2.24) is 19.5 Å². The Balaban J connectivity index is 1.45. The molecule has 2 rings (SSSR count). The maximum atomic E-state index is 11.8. The Hall–Kier alpha value is -2.42. The van der Waals surface area contributed by atoms with Gasteiger partial charge in [0.2, 0.25) is 5.95 Å². The monoisotopic (exact) mass is 435 g/mol. The number of nitrogen functional groups attached to an aromatic ring is 1. The molecule has 0 unspecified atom stereocenters. The van der Waals surface area contributed by atoms with Crippen molar-refractivity contribution in [3.05, 3.63) is 16.7 Å². The lowest BCUT2D eigenvalue weighted by atomic mass is 10.1. The minimum absolute atomic E-state index is 0.0237. The molecule has 2 aromatic heterocycles. The van der Waals surface area contributed by atoms with Crippen LogP contribution in [-0.4, -0.2) is 38.7 Å². The molecule has 0 bridgehead atoms. The number of nitrogens with two attached hydrogens (primary N) is 1. The molecule has 2 heterocycles. The Bertz CT molecular complexity index is 833. The standard InChI is InChI=1S/C22H37N5O4/c1-2-3-4-5-6-7-8-9-10-11-12-13-18(28)31-15-14-30-17-27-16-24-19-20(27)25-22(23)26-21(19)29/h16H,2-15,17H2,1H3,(H3,23,25,26,29). The lowest BCUT2D eigenvalue weighted by Gasteiger charge is -2.07. The smallest absolute Gasteiger partial charge is 0.305 e. The molecule has 2 aromatic rings. The third-order valence-corrected chi connectivity index (χ3v) is 5.20. The highest BCUT2D eigenvalue weighted by atomic mass is 16.6. The van der Waals surface area contributed by atoms with Gasteiger partial charge in [-0.25, -0.2) is 4.98 Å². The minimum atomic E-state index is -0.391. The quantitative estimate of drug-likeness (QED) is 0.285. The largest absolute Gasteiger partial charge is 0.463 e. The highest BCUT2D eigenvalue weighted by Crippen LogP contribution is 2.12. The van der Waals surface area contributed by atoms with Crippen LogP contribution in [0.3, 0.4) is 0 Å². The fraction of sp³-hybridized carbons (Fsp3) is 0.727. The van der Waals surface area contributed by atoms with E-state index in [0.717, 1.165) is 12.8 Å². The number of aromatic nitrogens is 4. The van der Waals surface area contributed by atoms with Gasteiger partial charge in [0.1, 0.15) is 13.3 Å². The third kappa shape index (κ3) is 9.50. The molecule has 0 aliphatic rings. The van der Waals surface area contributed by atoms with Gasteiger partial charge >= 0.3 is 5.97 Å². The number of nitrogens with zero attached hydrogens (tertiary/aromatic N) is 3. The van der Waals surface area contributed by atoms with Crippen LogP contribution >= 0.6 is 0 Å². The maximum absolute atomic E-state index is 11.8. The summed E-state index contributed by atoms with van der Waals surface area (Å²) >= 11 is 0. The molecule has 0 amide bonds. The molecule has 9 nitrogen and oxygen atoms in total. The topological polar surface area (TPSA) is 125 Å². The molecular formula is C22H37N5O4. The average molecular weight is 436 g/mol. The van der Waals surface area contributed by atoms with Gasteiger partial charge in [-0.1, -0.05) is 71.1 Å². The molecule has 3 N–H and O–H groups in total. The van der Waals surface area contributed by atoms with Crippen molar-refractivity contribution in [2.45, 2.75) is 90.7 Å². The molecule has 0 fully saturated rings. The van der Waals surface area contributed by atoms with Gasteiger partial charge in [0.05, 0.1) is 12.9 Å². The van der Waals surface area contributed by atoms with Crippen LogP contribution in [0.15, 0.2) is 11.1 Å². The van der Waals surface area contributed by atoms with Gasteiger partial charge in [0.15, 0.2) is 11.2 Å². The van der Waals surface area contributed by atoms with Crippen molar-refractivity contribution in [3.8, 4) is 0 Å². The van der Waals surface area contributed by atoms with E-state index in [9.17, 15) is 9.59 Å². The van der Waals surface area contributed by atoms with Gasteiger partial charge in [0, 0.05) is 6.42 Å². The van der Waals surface area contributed by atoms with E-state index in [4.69, 9.17) is 15.2 Å². The lowest BCUT2D eigenvalue weighted by Crippen LogP contribution is -2.14. The predicted molar refractivity (Wildman–Crippen MR) is 121 cm³/mol. The zero-order valence-corrected chi connectivity index (χ0v) is 18.7. The summed E-state index contributed by atoms with van der Waals surface area (Å²) in [4.78, 5) is 34.0. The van der Waals surface area contributed by atoms with Crippen molar-refractivity contribution in [3.63, 3.8) is 0 Å². The number of anilines is 1. The Kier molecular flexibility index (Phi) is 11.7. The first-order valence-corrected chi connectivity index (χ1v) is 11.6. The number of aromatic amines is 1. The Morgan fingerprint density at radius 2 is 1.68 bits per heavy atom.